The van der Waals surface area contributed by atoms with Crippen LogP contribution in [-0.4, -0.2) is 42.6 Å². The Morgan fingerprint density at radius 2 is 2.06 bits per heavy atom. The molecule has 1 fully saturated rings. The zero-order valence-electron chi connectivity index (χ0n) is 11.0. The Labute approximate surface area is 98.8 Å². The first-order chi connectivity index (χ1) is 7.44. The molecule has 4 heteroatoms. The molecule has 1 aliphatic rings. The van der Waals surface area contributed by atoms with Crippen LogP contribution in [0.3, 0.4) is 0 Å². The van der Waals surface area contributed by atoms with Crippen molar-refractivity contribution in [3.8, 4) is 0 Å². The van der Waals surface area contributed by atoms with Gasteiger partial charge in [0, 0.05) is 24.7 Å². The fraction of sp³-hybridized carbons (Fsp3) is 0.917. The molecule has 0 aliphatic carbocycles. The van der Waals surface area contributed by atoms with Crippen molar-refractivity contribution in [2.45, 2.75) is 51.6 Å². The molecule has 1 rings (SSSR count). The first kappa shape index (κ1) is 13.3. The summed E-state index contributed by atoms with van der Waals surface area (Å²) in [5, 5.41) is 6.20. The molecule has 1 atom stereocenters. The fourth-order valence-corrected chi connectivity index (χ4v) is 2.11. The molecule has 1 saturated heterocycles. The fourth-order valence-electron chi connectivity index (χ4n) is 2.11. The second-order valence-electron chi connectivity index (χ2n) is 5.58. The van der Waals surface area contributed by atoms with Crippen LogP contribution in [-0.2, 0) is 0 Å². The summed E-state index contributed by atoms with van der Waals surface area (Å²) < 4.78 is 0. The Hall–Kier alpha value is -0.770. The molecule has 4 nitrogen and oxygen atoms in total. The Kier molecular flexibility index (Phi) is 4.59. The summed E-state index contributed by atoms with van der Waals surface area (Å²) in [6, 6.07) is 0.425. The van der Waals surface area contributed by atoms with E-state index in [4.69, 9.17) is 0 Å². The van der Waals surface area contributed by atoms with Crippen LogP contribution in [0.4, 0.5) is 4.79 Å². The summed E-state index contributed by atoms with van der Waals surface area (Å²) >= 11 is 0. The van der Waals surface area contributed by atoms with Crippen molar-refractivity contribution in [2.24, 2.45) is 0 Å². The number of urea groups is 1. The van der Waals surface area contributed by atoms with E-state index < -0.39 is 0 Å². The first-order valence-corrected chi connectivity index (χ1v) is 6.17. The second kappa shape index (κ2) is 5.53. The number of nitrogens with one attached hydrogen (secondary N) is 2. The van der Waals surface area contributed by atoms with Crippen molar-refractivity contribution in [2.75, 3.05) is 20.1 Å². The molecule has 2 amide bonds. The lowest BCUT2D eigenvalue weighted by atomic mass is 10.0. The number of nitrogens with zero attached hydrogens (tertiary/aromatic N) is 1. The topological polar surface area (TPSA) is 44.4 Å². The minimum absolute atomic E-state index is 0.0763. The van der Waals surface area contributed by atoms with Crippen LogP contribution in [0.15, 0.2) is 0 Å². The number of likely N-dealkylation sites (N-methyl/N-ethyl adjacent to an activating group) is 1. The third-order valence-electron chi connectivity index (χ3n) is 2.81. The van der Waals surface area contributed by atoms with E-state index >= 15 is 0 Å². The van der Waals surface area contributed by atoms with Gasteiger partial charge < -0.3 is 15.5 Å². The third-order valence-corrected chi connectivity index (χ3v) is 2.81. The lowest BCUT2D eigenvalue weighted by Gasteiger charge is -2.37. The van der Waals surface area contributed by atoms with Crippen molar-refractivity contribution in [3.05, 3.63) is 0 Å². The van der Waals surface area contributed by atoms with Crippen molar-refractivity contribution < 1.29 is 4.79 Å². The monoisotopic (exact) mass is 227 g/mol. The molecule has 0 aromatic carbocycles. The number of piperidine rings is 1. The lowest BCUT2D eigenvalue weighted by molar-refractivity contribution is 0.144. The maximum Gasteiger partial charge on any atom is 0.318 e. The third kappa shape index (κ3) is 4.00. The minimum atomic E-state index is -0.154. The molecule has 0 spiro atoms. The van der Waals surface area contributed by atoms with Gasteiger partial charge in [-0.3, -0.25) is 0 Å². The average molecular weight is 227 g/mol. The number of hydrogen-bond acceptors (Lipinski definition) is 2. The van der Waals surface area contributed by atoms with Gasteiger partial charge in [-0.2, -0.15) is 0 Å². The maximum absolute atomic E-state index is 12.1. The number of likely N-dealkylation sites (tertiary alicyclic amines) is 1. The summed E-state index contributed by atoms with van der Waals surface area (Å²) in [4.78, 5) is 14.1. The Balaban J connectivity index is 2.57. The van der Waals surface area contributed by atoms with Gasteiger partial charge in [-0.1, -0.05) is 0 Å². The molecule has 0 aromatic heterocycles. The quantitative estimate of drug-likeness (QED) is 0.752. The zero-order valence-corrected chi connectivity index (χ0v) is 11.0. The molecule has 94 valence electrons. The van der Waals surface area contributed by atoms with E-state index in [2.05, 4.69) is 10.6 Å². The Bertz CT molecular complexity index is 233. The van der Waals surface area contributed by atoms with Gasteiger partial charge in [-0.05, 0) is 47.1 Å². The SMILES string of the molecule is CNCC1CCCCN1C(=O)NC(C)(C)C. The van der Waals surface area contributed by atoms with Gasteiger partial charge in [0.1, 0.15) is 0 Å². The minimum Gasteiger partial charge on any atom is -0.333 e. The number of hydrogen-bond donors (Lipinski definition) is 2. The number of carbonyl (C=O) groups excluding carboxylic acids is 1. The van der Waals surface area contributed by atoms with E-state index in [-0.39, 0.29) is 11.6 Å². The molecular formula is C12H25N3O. The van der Waals surface area contributed by atoms with Crippen molar-refractivity contribution in [1.82, 2.24) is 15.5 Å². The Morgan fingerprint density at radius 1 is 1.38 bits per heavy atom. The second-order valence-corrected chi connectivity index (χ2v) is 5.58. The molecule has 1 aliphatic heterocycles. The summed E-state index contributed by atoms with van der Waals surface area (Å²) in [6.07, 6.45) is 3.46. The van der Waals surface area contributed by atoms with Crippen LogP contribution >= 0.6 is 0 Å². The predicted octanol–water partition coefficient (Wildman–Crippen LogP) is 1.57. The largest absolute Gasteiger partial charge is 0.333 e. The average Bonchev–Trinajstić information content (AvgIpc) is 2.16. The Morgan fingerprint density at radius 3 is 2.62 bits per heavy atom. The van der Waals surface area contributed by atoms with E-state index in [0.29, 0.717) is 6.04 Å². The number of carbonyl (C=O) groups is 1. The standard InChI is InChI=1S/C12H25N3O/c1-12(2,3)14-11(16)15-8-6-5-7-10(15)9-13-4/h10,13H,5-9H2,1-4H3,(H,14,16). The van der Waals surface area contributed by atoms with Gasteiger partial charge in [0.25, 0.3) is 0 Å². The molecule has 0 aromatic rings. The molecule has 0 radical (unpaired) electrons. The maximum atomic E-state index is 12.1. The van der Waals surface area contributed by atoms with Crippen molar-refractivity contribution in [3.63, 3.8) is 0 Å². The molecule has 1 unspecified atom stereocenters. The van der Waals surface area contributed by atoms with E-state index in [1.165, 1.54) is 6.42 Å². The number of amides is 2. The van der Waals surface area contributed by atoms with E-state index in [1.54, 1.807) is 0 Å². The van der Waals surface area contributed by atoms with Crippen LogP contribution in [0.5, 0.6) is 0 Å². The van der Waals surface area contributed by atoms with Gasteiger partial charge in [0.05, 0.1) is 0 Å². The molecular weight excluding hydrogens is 202 g/mol. The van der Waals surface area contributed by atoms with E-state index in [0.717, 1.165) is 25.9 Å². The van der Waals surface area contributed by atoms with Crippen LogP contribution in [0.2, 0.25) is 0 Å². The van der Waals surface area contributed by atoms with Gasteiger partial charge in [0.15, 0.2) is 0 Å². The van der Waals surface area contributed by atoms with E-state index in [9.17, 15) is 4.79 Å². The highest BCUT2D eigenvalue weighted by atomic mass is 16.2. The van der Waals surface area contributed by atoms with Crippen molar-refractivity contribution >= 4 is 6.03 Å². The molecule has 2 N–H and O–H groups in total. The summed E-state index contributed by atoms with van der Waals surface area (Å²) in [7, 11) is 1.94. The van der Waals surface area contributed by atoms with E-state index in [1.807, 2.05) is 32.7 Å². The highest BCUT2D eigenvalue weighted by Crippen LogP contribution is 2.17. The summed E-state index contributed by atoms with van der Waals surface area (Å²) in [5.41, 5.74) is -0.154. The first-order valence-electron chi connectivity index (χ1n) is 6.17. The zero-order chi connectivity index (χ0) is 12.2. The highest BCUT2D eigenvalue weighted by molar-refractivity contribution is 5.75. The summed E-state index contributed by atoms with van der Waals surface area (Å²) in [5.74, 6) is 0. The lowest BCUT2D eigenvalue weighted by Crippen LogP contribution is -2.55. The van der Waals surface area contributed by atoms with Gasteiger partial charge in [-0.15, -0.1) is 0 Å². The smallest absolute Gasteiger partial charge is 0.318 e. The molecule has 1 heterocycles. The number of rotatable bonds is 2. The van der Waals surface area contributed by atoms with Crippen LogP contribution in [0, 0.1) is 0 Å². The molecule has 0 saturated carbocycles. The van der Waals surface area contributed by atoms with Crippen LogP contribution in [0.1, 0.15) is 40.0 Å². The van der Waals surface area contributed by atoms with Crippen LogP contribution in [0.25, 0.3) is 0 Å². The summed E-state index contributed by atoms with van der Waals surface area (Å²) in [6.45, 7) is 7.82. The van der Waals surface area contributed by atoms with Gasteiger partial charge >= 0.3 is 6.03 Å². The van der Waals surface area contributed by atoms with Crippen molar-refractivity contribution in [1.29, 1.82) is 0 Å². The normalized spacial score (nSPS) is 22.0. The predicted molar refractivity (Wildman–Crippen MR) is 66.6 cm³/mol. The van der Waals surface area contributed by atoms with Gasteiger partial charge in [-0.25, -0.2) is 4.79 Å². The van der Waals surface area contributed by atoms with Gasteiger partial charge in [0.2, 0.25) is 0 Å². The molecule has 0 bridgehead atoms. The highest BCUT2D eigenvalue weighted by Gasteiger charge is 2.27. The molecule has 16 heavy (non-hydrogen) atoms. The van der Waals surface area contributed by atoms with Crippen LogP contribution < -0.4 is 10.6 Å².